The average molecular weight is 402 g/mol. The molecule has 0 spiro atoms. The molecular formula is C19H17F3N6O. The summed E-state index contributed by atoms with van der Waals surface area (Å²) < 4.78 is 45.0. The Labute approximate surface area is 163 Å². The van der Waals surface area contributed by atoms with Crippen LogP contribution in [0.5, 0.6) is 5.75 Å². The van der Waals surface area contributed by atoms with Crippen molar-refractivity contribution in [2.24, 2.45) is 7.05 Å². The Hall–Kier alpha value is -3.56. The minimum atomic E-state index is -4.75. The Morgan fingerprint density at radius 1 is 1.14 bits per heavy atom. The van der Waals surface area contributed by atoms with E-state index in [9.17, 15) is 13.2 Å². The van der Waals surface area contributed by atoms with Crippen molar-refractivity contribution >= 4 is 11.5 Å². The summed E-state index contributed by atoms with van der Waals surface area (Å²) in [4.78, 5) is 8.54. The minimum Gasteiger partial charge on any atom is -0.406 e. The first-order valence-electron chi connectivity index (χ1n) is 8.79. The van der Waals surface area contributed by atoms with Gasteiger partial charge in [0, 0.05) is 31.8 Å². The summed E-state index contributed by atoms with van der Waals surface area (Å²) in [7, 11) is 1.91. The fourth-order valence-corrected chi connectivity index (χ4v) is 2.93. The number of imidazole rings is 2. The molecule has 0 aliphatic heterocycles. The van der Waals surface area contributed by atoms with Crippen LogP contribution in [0.2, 0.25) is 0 Å². The lowest BCUT2D eigenvalue weighted by atomic mass is 10.1. The van der Waals surface area contributed by atoms with Crippen LogP contribution < -0.4 is 10.1 Å². The van der Waals surface area contributed by atoms with Crippen molar-refractivity contribution in [3.05, 3.63) is 60.8 Å². The molecular weight excluding hydrogens is 385 g/mol. The van der Waals surface area contributed by atoms with Crippen molar-refractivity contribution in [3.63, 3.8) is 0 Å². The summed E-state index contributed by atoms with van der Waals surface area (Å²) in [6.45, 7) is 0.633. The highest BCUT2D eigenvalue weighted by atomic mass is 19.4. The van der Waals surface area contributed by atoms with Crippen LogP contribution in [0.1, 0.15) is 5.69 Å². The predicted octanol–water partition coefficient (Wildman–Crippen LogP) is 3.68. The van der Waals surface area contributed by atoms with E-state index < -0.39 is 6.36 Å². The maximum Gasteiger partial charge on any atom is 0.573 e. The number of nitrogens with zero attached hydrogens (tertiary/aromatic N) is 5. The fourth-order valence-electron chi connectivity index (χ4n) is 2.93. The summed E-state index contributed by atoms with van der Waals surface area (Å²) >= 11 is 0. The summed E-state index contributed by atoms with van der Waals surface area (Å²) in [6, 6.07) is 9.31. The van der Waals surface area contributed by atoms with E-state index in [0.717, 1.165) is 12.1 Å². The molecule has 0 bridgehead atoms. The number of rotatable bonds is 6. The molecule has 150 valence electrons. The van der Waals surface area contributed by atoms with E-state index in [1.807, 2.05) is 17.8 Å². The van der Waals surface area contributed by atoms with E-state index in [1.165, 1.54) is 18.2 Å². The van der Waals surface area contributed by atoms with Crippen LogP contribution in [-0.2, 0) is 13.5 Å². The van der Waals surface area contributed by atoms with Gasteiger partial charge in [-0.2, -0.15) is 0 Å². The van der Waals surface area contributed by atoms with Gasteiger partial charge in [0.1, 0.15) is 11.6 Å². The van der Waals surface area contributed by atoms with Gasteiger partial charge in [-0.1, -0.05) is 12.1 Å². The van der Waals surface area contributed by atoms with Crippen molar-refractivity contribution in [3.8, 4) is 17.0 Å². The van der Waals surface area contributed by atoms with E-state index in [4.69, 9.17) is 0 Å². The van der Waals surface area contributed by atoms with Gasteiger partial charge in [0.25, 0.3) is 0 Å². The lowest BCUT2D eigenvalue weighted by Crippen LogP contribution is -2.17. The standard InChI is InChI=1S/C19H17F3N6O/c1-27-11-14(25-12-27)7-8-23-17-5-6-18-24-10-16(28(18)26-17)13-3-2-4-15(9-13)29-19(20,21)22/h2-6,9-12H,7-8H2,1H3,(H,23,26). The molecule has 4 aromatic rings. The van der Waals surface area contributed by atoms with E-state index in [2.05, 4.69) is 25.1 Å². The number of fused-ring (bicyclic) bond motifs is 1. The van der Waals surface area contributed by atoms with Gasteiger partial charge >= 0.3 is 6.36 Å². The van der Waals surface area contributed by atoms with Gasteiger partial charge in [0.15, 0.2) is 5.65 Å². The number of anilines is 1. The maximum atomic E-state index is 12.5. The van der Waals surface area contributed by atoms with Crippen LogP contribution in [0.15, 0.2) is 55.1 Å². The molecule has 1 aromatic carbocycles. The first kappa shape index (κ1) is 18.8. The quantitative estimate of drug-likeness (QED) is 0.533. The number of nitrogens with one attached hydrogen (secondary N) is 1. The second-order valence-electron chi connectivity index (χ2n) is 6.41. The number of hydrogen-bond donors (Lipinski definition) is 1. The molecule has 0 saturated carbocycles. The molecule has 3 heterocycles. The Balaban J connectivity index is 1.55. The molecule has 0 atom stereocenters. The topological polar surface area (TPSA) is 69.3 Å². The highest BCUT2D eigenvalue weighted by Crippen LogP contribution is 2.28. The van der Waals surface area contributed by atoms with Crippen LogP contribution in [0.25, 0.3) is 16.9 Å². The molecule has 0 saturated heterocycles. The molecule has 10 heteroatoms. The number of benzene rings is 1. The zero-order valence-corrected chi connectivity index (χ0v) is 15.4. The molecule has 4 rings (SSSR count). The van der Waals surface area contributed by atoms with Crippen LogP contribution in [0.3, 0.4) is 0 Å². The van der Waals surface area contributed by atoms with Gasteiger partial charge in [-0.15, -0.1) is 18.3 Å². The van der Waals surface area contributed by atoms with E-state index >= 15 is 0 Å². The summed E-state index contributed by atoms with van der Waals surface area (Å²) in [5.74, 6) is 0.324. The number of hydrogen-bond acceptors (Lipinski definition) is 5. The third-order valence-corrected chi connectivity index (χ3v) is 4.17. The normalized spacial score (nSPS) is 11.7. The molecule has 0 aliphatic carbocycles. The van der Waals surface area contributed by atoms with Crippen molar-refractivity contribution in [2.45, 2.75) is 12.8 Å². The summed E-state index contributed by atoms with van der Waals surface area (Å²) in [5.41, 5.74) is 2.61. The van der Waals surface area contributed by atoms with Crippen molar-refractivity contribution in [1.82, 2.24) is 24.1 Å². The Morgan fingerprint density at radius 2 is 2.00 bits per heavy atom. The fraction of sp³-hybridized carbons (Fsp3) is 0.211. The van der Waals surface area contributed by atoms with E-state index in [0.29, 0.717) is 29.3 Å². The van der Waals surface area contributed by atoms with Gasteiger partial charge in [0.05, 0.1) is 23.9 Å². The zero-order chi connectivity index (χ0) is 20.4. The lowest BCUT2D eigenvalue weighted by molar-refractivity contribution is -0.274. The Morgan fingerprint density at radius 3 is 2.76 bits per heavy atom. The SMILES string of the molecule is Cn1cnc(CCNc2ccc3ncc(-c4cccc(OC(F)(F)F)c4)n3n2)c1. The molecule has 0 amide bonds. The Bertz CT molecular complexity index is 1130. The number of aryl methyl sites for hydroxylation is 1. The minimum absolute atomic E-state index is 0.297. The maximum absolute atomic E-state index is 12.5. The lowest BCUT2D eigenvalue weighted by Gasteiger charge is -2.10. The first-order valence-corrected chi connectivity index (χ1v) is 8.79. The van der Waals surface area contributed by atoms with Crippen LogP contribution in [0.4, 0.5) is 19.0 Å². The van der Waals surface area contributed by atoms with Gasteiger partial charge in [0.2, 0.25) is 0 Å². The summed E-state index contributed by atoms with van der Waals surface area (Å²) in [6.07, 6.45) is 1.23. The van der Waals surface area contributed by atoms with Gasteiger partial charge in [-0.3, -0.25) is 0 Å². The second kappa shape index (κ2) is 7.46. The van der Waals surface area contributed by atoms with E-state index in [-0.39, 0.29) is 5.75 Å². The molecule has 0 unspecified atom stereocenters. The Kier molecular flexibility index (Phi) is 4.83. The van der Waals surface area contributed by atoms with Crippen molar-refractivity contribution in [1.29, 1.82) is 0 Å². The van der Waals surface area contributed by atoms with Crippen molar-refractivity contribution in [2.75, 3.05) is 11.9 Å². The van der Waals surface area contributed by atoms with Gasteiger partial charge in [-0.05, 0) is 24.3 Å². The molecule has 7 nitrogen and oxygen atoms in total. The molecule has 0 radical (unpaired) electrons. The number of ether oxygens (including phenoxy) is 1. The largest absolute Gasteiger partial charge is 0.573 e. The summed E-state index contributed by atoms with van der Waals surface area (Å²) in [5, 5.41) is 7.73. The third kappa shape index (κ3) is 4.48. The highest BCUT2D eigenvalue weighted by Gasteiger charge is 2.31. The van der Waals surface area contributed by atoms with Crippen LogP contribution >= 0.6 is 0 Å². The number of halogens is 3. The van der Waals surface area contributed by atoms with Gasteiger partial charge < -0.3 is 14.6 Å². The first-order chi connectivity index (χ1) is 13.9. The average Bonchev–Trinajstić information content (AvgIpc) is 3.26. The number of aromatic nitrogens is 5. The van der Waals surface area contributed by atoms with Crippen LogP contribution in [0, 0.1) is 0 Å². The molecule has 0 fully saturated rings. The predicted molar refractivity (Wildman–Crippen MR) is 101 cm³/mol. The smallest absolute Gasteiger partial charge is 0.406 e. The van der Waals surface area contributed by atoms with E-state index in [1.54, 1.807) is 35.2 Å². The third-order valence-electron chi connectivity index (χ3n) is 4.17. The molecule has 1 N–H and O–H groups in total. The van der Waals surface area contributed by atoms with Crippen LogP contribution in [-0.4, -0.2) is 37.1 Å². The monoisotopic (exact) mass is 402 g/mol. The number of alkyl halides is 3. The second-order valence-corrected chi connectivity index (χ2v) is 6.41. The zero-order valence-electron chi connectivity index (χ0n) is 15.4. The molecule has 3 aromatic heterocycles. The molecule has 29 heavy (non-hydrogen) atoms. The van der Waals surface area contributed by atoms with Crippen molar-refractivity contribution < 1.29 is 17.9 Å². The highest BCUT2D eigenvalue weighted by molar-refractivity contribution is 5.65. The molecule has 0 aliphatic rings. The van der Waals surface area contributed by atoms with Gasteiger partial charge in [-0.25, -0.2) is 14.5 Å².